The highest BCUT2D eigenvalue weighted by molar-refractivity contribution is 6.08. The summed E-state index contributed by atoms with van der Waals surface area (Å²) in [5.74, 6) is -4.61. The molecule has 0 unspecified atom stereocenters. The third-order valence-electron chi connectivity index (χ3n) is 11.0. The highest BCUT2D eigenvalue weighted by atomic mass is 19.4. The third-order valence-corrected chi connectivity index (χ3v) is 11.0. The summed E-state index contributed by atoms with van der Waals surface area (Å²) in [4.78, 5) is 102. The Bertz CT molecular complexity index is 3810. The van der Waals surface area contributed by atoms with Crippen molar-refractivity contribution >= 4 is 65.1 Å². The number of primary amides is 2. The summed E-state index contributed by atoms with van der Waals surface area (Å²) in [5.41, 5.74) is 9.89. The van der Waals surface area contributed by atoms with Crippen LogP contribution in [0.5, 0.6) is 0 Å². The molecule has 86 heavy (non-hydrogen) atoms. The van der Waals surface area contributed by atoms with E-state index >= 15 is 0 Å². The lowest BCUT2D eigenvalue weighted by Gasteiger charge is -2.27. The summed E-state index contributed by atoms with van der Waals surface area (Å²) in [7, 11) is 0. The first kappa shape index (κ1) is 62.8. The number of nitrogens with one attached hydrogen (secondary N) is 2. The first-order chi connectivity index (χ1) is 40.3. The largest absolute Gasteiger partial charge is 0.444 e. The van der Waals surface area contributed by atoms with E-state index in [1.807, 2.05) is 0 Å². The molecule has 0 aliphatic rings. The second-order valence-corrected chi connectivity index (χ2v) is 20.1. The van der Waals surface area contributed by atoms with Crippen LogP contribution in [0.15, 0.2) is 119 Å². The van der Waals surface area contributed by atoms with Crippen LogP contribution in [0.2, 0.25) is 0 Å². The second kappa shape index (κ2) is 25.4. The Kier molecular flexibility index (Phi) is 18.5. The van der Waals surface area contributed by atoms with E-state index in [0.29, 0.717) is 38.6 Å². The molecule has 6 amide bonds. The number of oxazole rings is 2. The molecule has 0 aliphatic heterocycles. The van der Waals surface area contributed by atoms with Crippen molar-refractivity contribution in [3.63, 3.8) is 0 Å². The molecule has 0 fully saturated rings. The summed E-state index contributed by atoms with van der Waals surface area (Å²) in [6.07, 6.45) is -4.46. The molecule has 0 radical (unpaired) electrons. The molecule has 26 nitrogen and oxygen atoms in total. The predicted octanol–water partition coefficient (Wildman–Crippen LogP) is 8.46. The van der Waals surface area contributed by atoms with Crippen molar-refractivity contribution in [3.05, 3.63) is 144 Å². The topological polar surface area (TPSA) is 354 Å². The SMILES string of the molecule is CC(C)(C)OC(=O)N(CC(F)(F)F)c1cc(-c2nc(C(=O)Nc3cn(-c4ccc(C=O)cc4)nc3C(N)=O)co2)ccn1.CC(C)(C)OC(=O)N(CC(F)(F)F)c1cc(-c2nc(C(=O)Nc3cn(-c4ccc(CO)cc4)nc3C(N)=O)co2)ccn1. The van der Waals surface area contributed by atoms with E-state index in [2.05, 4.69) is 40.8 Å². The molecule has 7 N–H and O–H groups in total. The van der Waals surface area contributed by atoms with Crippen LogP contribution in [0.3, 0.4) is 0 Å². The number of carbonyl (C=O) groups excluding carboxylic acids is 7. The number of aldehydes is 1. The van der Waals surface area contributed by atoms with Crippen LogP contribution in [0.25, 0.3) is 34.3 Å². The number of benzene rings is 2. The Morgan fingerprint density at radius 3 is 1.34 bits per heavy atom. The number of pyridine rings is 2. The molecular weight excluding hydrogens is 1150 g/mol. The van der Waals surface area contributed by atoms with Crippen LogP contribution in [0.4, 0.5) is 58.9 Å². The summed E-state index contributed by atoms with van der Waals surface area (Å²) in [5, 5.41) is 22.4. The van der Waals surface area contributed by atoms with E-state index in [-0.39, 0.29) is 69.5 Å². The number of carbonyl (C=O) groups is 7. The van der Waals surface area contributed by atoms with Crippen LogP contribution < -0.4 is 31.9 Å². The van der Waals surface area contributed by atoms with E-state index in [0.717, 1.165) is 37.1 Å². The molecule has 6 aromatic heterocycles. The fourth-order valence-electron chi connectivity index (χ4n) is 7.28. The normalized spacial score (nSPS) is 11.6. The fraction of sp³-hybridized carbons (Fsp3) is 0.241. The third kappa shape index (κ3) is 16.7. The fourth-order valence-corrected chi connectivity index (χ4v) is 7.28. The van der Waals surface area contributed by atoms with Gasteiger partial charge in [0.2, 0.25) is 11.8 Å². The van der Waals surface area contributed by atoms with Crippen molar-refractivity contribution in [2.45, 2.75) is 71.7 Å². The first-order valence-electron chi connectivity index (χ1n) is 24.9. The van der Waals surface area contributed by atoms with E-state index in [1.54, 1.807) is 36.4 Å². The average molecular weight is 1200 g/mol. The lowest BCUT2D eigenvalue weighted by Crippen LogP contribution is -2.42. The van der Waals surface area contributed by atoms with Gasteiger partial charge >= 0.3 is 24.5 Å². The minimum atomic E-state index is -4.76. The Morgan fingerprint density at radius 1 is 0.616 bits per heavy atom. The maximum Gasteiger partial charge on any atom is 0.416 e. The van der Waals surface area contributed by atoms with Gasteiger partial charge in [-0.05, 0) is 108 Å². The Morgan fingerprint density at radius 2 is 1.00 bits per heavy atom. The molecule has 6 heterocycles. The van der Waals surface area contributed by atoms with Crippen molar-refractivity contribution in [1.82, 2.24) is 39.5 Å². The standard InChI is InChI=1S/C27H26F3N7O6.C27H24F3N7O6/c2*1-26(2,3)43-25(41)36(14-27(28,29)30)20-10-16(8-9-32-20)24-34-19(13-42-24)23(40)33-18-11-37(35-21(18)22(31)39)17-6-4-15(12-38)5-7-17/h4-11,13,38H,12,14H2,1-3H3,(H2,31,39)(H,33,40);4-13H,14H2,1-3H3,(H2,31,39)(H,33,40). The summed E-state index contributed by atoms with van der Waals surface area (Å²) in [6, 6.07) is 17.7. The summed E-state index contributed by atoms with van der Waals surface area (Å²) >= 11 is 0. The molecule has 0 aliphatic carbocycles. The summed E-state index contributed by atoms with van der Waals surface area (Å²) in [6.45, 7) is 5.53. The van der Waals surface area contributed by atoms with Gasteiger partial charge < -0.3 is 45.5 Å². The van der Waals surface area contributed by atoms with Gasteiger partial charge in [0.15, 0.2) is 22.8 Å². The number of halogens is 6. The lowest BCUT2D eigenvalue weighted by molar-refractivity contribution is -0.120. The minimum Gasteiger partial charge on any atom is -0.444 e. The van der Waals surface area contributed by atoms with E-state index in [4.69, 9.17) is 29.8 Å². The van der Waals surface area contributed by atoms with Gasteiger partial charge in [-0.2, -0.15) is 36.5 Å². The lowest BCUT2D eigenvalue weighted by atomic mass is 10.2. The molecule has 0 spiro atoms. The molecule has 32 heteroatoms. The molecule has 2 aromatic carbocycles. The zero-order chi connectivity index (χ0) is 63.1. The number of anilines is 4. The number of aromatic nitrogens is 8. The van der Waals surface area contributed by atoms with Gasteiger partial charge in [-0.15, -0.1) is 0 Å². The van der Waals surface area contributed by atoms with Crippen LogP contribution in [0, 0.1) is 0 Å². The number of nitrogens with two attached hydrogens (primary N) is 2. The Balaban J connectivity index is 0.000000246. The van der Waals surface area contributed by atoms with E-state index in [1.165, 1.54) is 87.6 Å². The van der Waals surface area contributed by atoms with Gasteiger partial charge in [0, 0.05) is 29.1 Å². The number of alkyl halides is 6. The molecule has 0 saturated carbocycles. The molecule has 8 aromatic rings. The maximum atomic E-state index is 13.3. The van der Waals surface area contributed by atoms with Gasteiger partial charge in [0.25, 0.3) is 23.6 Å². The summed E-state index contributed by atoms with van der Waals surface area (Å²) < 4.78 is 103. The van der Waals surface area contributed by atoms with Crippen LogP contribution >= 0.6 is 0 Å². The number of nitrogens with zero attached hydrogens (tertiary/aromatic N) is 10. The average Bonchev–Trinajstić information content (AvgIpc) is 1.83. The number of hydrogen-bond acceptors (Lipinski definition) is 18. The molecule has 0 atom stereocenters. The zero-order valence-corrected chi connectivity index (χ0v) is 45.9. The minimum absolute atomic E-state index is 0.0281. The van der Waals surface area contributed by atoms with Crippen molar-refractivity contribution in [2.24, 2.45) is 11.5 Å². The van der Waals surface area contributed by atoms with E-state index < -0.39 is 78.3 Å². The Labute approximate surface area is 481 Å². The van der Waals surface area contributed by atoms with Crippen LogP contribution in [0.1, 0.15) is 99.4 Å². The number of aliphatic hydroxyl groups is 1. The highest BCUT2D eigenvalue weighted by Crippen LogP contribution is 2.30. The quantitative estimate of drug-likeness (QED) is 0.0447. The predicted molar refractivity (Wildman–Crippen MR) is 290 cm³/mol. The monoisotopic (exact) mass is 1200 g/mol. The number of aliphatic hydroxyl groups excluding tert-OH is 1. The number of rotatable bonds is 16. The highest BCUT2D eigenvalue weighted by Gasteiger charge is 2.38. The zero-order valence-electron chi connectivity index (χ0n) is 45.9. The molecule has 0 bridgehead atoms. The number of amides is 6. The van der Waals surface area contributed by atoms with Crippen molar-refractivity contribution in [1.29, 1.82) is 0 Å². The maximum absolute atomic E-state index is 13.3. The van der Waals surface area contributed by atoms with Gasteiger partial charge in [-0.3, -0.25) is 33.8 Å². The molecule has 0 saturated heterocycles. The smallest absolute Gasteiger partial charge is 0.416 e. The molecular formula is C54H50F6N14O12. The van der Waals surface area contributed by atoms with Crippen molar-refractivity contribution in [2.75, 3.05) is 33.5 Å². The Hall–Kier alpha value is -10.8. The van der Waals surface area contributed by atoms with E-state index in [9.17, 15) is 65.0 Å². The van der Waals surface area contributed by atoms with Gasteiger partial charge in [-0.1, -0.05) is 12.1 Å². The van der Waals surface area contributed by atoms with Gasteiger partial charge in [0.05, 0.1) is 41.8 Å². The van der Waals surface area contributed by atoms with Crippen molar-refractivity contribution < 1.29 is 83.3 Å². The molecule has 450 valence electrons. The number of hydrogen-bond donors (Lipinski definition) is 5. The van der Waals surface area contributed by atoms with Gasteiger partial charge in [-0.25, -0.2) is 38.9 Å². The van der Waals surface area contributed by atoms with Crippen LogP contribution in [-0.2, 0) is 16.1 Å². The number of ether oxygens (including phenoxy) is 2. The van der Waals surface area contributed by atoms with Crippen molar-refractivity contribution in [3.8, 4) is 34.3 Å². The van der Waals surface area contributed by atoms with Gasteiger partial charge in [0.1, 0.15) is 54.7 Å². The second-order valence-electron chi connectivity index (χ2n) is 20.1. The first-order valence-corrected chi connectivity index (χ1v) is 24.9. The molecule has 8 rings (SSSR count). The van der Waals surface area contributed by atoms with Crippen LogP contribution in [-0.4, -0.2) is 123 Å².